The van der Waals surface area contributed by atoms with Gasteiger partial charge in [0.05, 0.1) is 19.8 Å². The Labute approximate surface area is 91.0 Å². The molecule has 0 unspecified atom stereocenters. The summed E-state index contributed by atoms with van der Waals surface area (Å²) in [5.74, 6) is 0.825. The predicted octanol–water partition coefficient (Wildman–Crippen LogP) is 1.92. The average molecular weight is 209 g/mol. The first-order valence-corrected chi connectivity index (χ1v) is 5.18. The van der Waals surface area contributed by atoms with Gasteiger partial charge in [-0.15, -0.1) is 0 Å². The molecule has 1 aromatic rings. The summed E-state index contributed by atoms with van der Waals surface area (Å²) in [5.41, 5.74) is 0. The van der Waals surface area contributed by atoms with Crippen molar-refractivity contribution < 1.29 is 14.2 Å². The first kappa shape index (κ1) is 12.0. The van der Waals surface area contributed by atoms with Crippen molar-refractivity contribution in [1.82, 2.24) is 0 Å². The zero-order valence-corrected chi connectivity index (χ0v) is 9.07. The van der Waals surface area contributed by atoms with Gasteiger partial charge in [0.1, 0.15) is 12.4 Å². The van der Waals surface area contributed by atoms with Crippen LogP contribution in [0.5, 0.6) is 5.75 Å². The molecular weight excluding hydrogens is 192 g/mol. The van der Waals surface area contributed by atoms with Gasteiger partial charge < -0.3 is 14.2 Å². The third-order valence-electron chi connectivity index (χ3n) is 1.75. The fourth-order valence-electron chi connectivity index (χ4n) is 1.05. The minimum atomic E-state index is 0.560. The highest BCUT2D eigenvalue weighted by Gasteiger charge is 1.92. The number of hydrogen-bond donors (Lipinski definition) is 0. The van der Waals surface area contributed by atoms with E-state index in [0.29, 0.717) is 26.4 Å². The zero-order valence-electron chi connectivity index (χ0n) is 9.07. The molecule has 0 saturated heterocycles. The largest absolute Gasteiger partial charge is 0.491 e. The highest BCUT2D eigenvalue weighted by atomic mass is 16.5. The van der Waals surface area contributed by atoms with Gasteiger partial charge in [-0.2, -0.15) is 0 Å². The summed E-state index contributed by atoms with van der Waals surface area (Å²) in [6, 6.07) is 10.4. The van der Waals surface area contributed by atoms with Crippen LogP contribution in [0.25, 0.3) is 0 Å². The maximum Gasteiger partial charge on any atom is 0.120 e. The topological polar surface area (TPSA) is 27.7 Å². The molecule has 0 aliphatic carbocycles. The van der Waals surface area contributed by atoms with Crippen LogP contribution in [-0.2, 0) is 9.47 Å². The summed E-state index contributed by atoms with van der Waals surface area (Å²) in [6.45, 7) is 5.12. The lowest BCUT2D eigenvalue weighted by molar-refractivity contribution is 0.0405. The molecule has 0 aliphatic rings. The van der Waals surface area contributed by atoms with Gasteiger partial charge in [0.25, 0.3) is 0 Å². The van der Waals surface area contributed by atoms with Crippen molar-refractivity contribution in [3.05, 3.63) is 30.3 Å². The average Bonchev–Trinajstić information content (AvgIpc) is 2.29. The summed E-state index contributed by atoms with van der Waals surface area (Å²) >= 11 is 0. The van der Waals surface area contributed by atoms with E-state index >= 15 is 0 Å². The summed E-state index contributed by atoms with van der Waals surface area (Å²) in [5, 5.41) is 0. The van der Waals surface area contributed by atoms with Gasteiger partial charge in [-0.1, -0.05) is 12.1 Å². The van der Waals surface area contributed by atoms with Gasteiger partial charge in [-0.25, -0.2) is 0 Å². The van der Waals surface area contributed by atoms with E-state index in [1.807, 2.05) is 25.1 Å². The van der Waals surface area contributed by atoms with Gasteiger partial charge >= 0.3 is 0 Å². The second-order valence-electron chi connectivity index (χ2n) is 2.90. The smallest absolute Gasteiger partial charge is 0.120 e. The maximum absolute atomic E-state index is 5.42. The van der Waals surface area contributed by atoms with E-state index < -0.39 is 0 Å². The van der Waals surface area contributed by atoms with E-state index in [0.717, 1.165) is 12.4 Å². The van der Waals surface area contributed by atoms with Gasteiger partial charge in [-0.05, 0) is 25.1 Å². The van der Waals surface area contributed by atoms with E-state index in [-0.39, 0.29) is 0 Å². The van der Waals surface area contributed by atoms with Crippen LogP contribution in [0.3, 0.4) is 0 Å². The van der Waals surface area contributed by atoms with Gasteiger partial charge in [-0.3, -0.25) is 0 Å². The fourth-order valence-corrected chi connectivity index (χ4v) is 1.05. The molecular formula is C12H17O3. The molecule has 1 aromatic carbocycles. The van der Waals surface area contributed by atoms with Crippen molar-refractivity contribution in [3.8, 4) is 5.75 Å². The molecule has 1 rings (SSSR count). The van der Waals surface area contributed by atoms with Crippen LogP contribution in [0.15, 0.2) is 24.3 Å². The van der Waals surface area contributed by atoms with E-state index in [4.69, 9.17) is 14.2 Å². The van der Waals surface area contributed by atoms with Crippen LogP contribution in [0.1, 0.15) is 6.92 Å². The summed E-state index contributed by atoms with van der Waals surface area (Å²) in [6.07, 6.45) is 0. The highest BCUT2D eigenvalue weighted by Crippen LogP contribution is 2.06. The lowest BCUT2D eigenvalue weighted by Gasteiger charge is -2.06. The number of hydrogen-bond acceptors (Lipinski definition) is 3. The quantitative estimate of drug-likeness (QED) is 0.612. The molecule has 15 heavy (non-hydrogen) atoms. The predicted molar refractivity (Wildman–Crippen MR) is 58.1 cm³/mol. The number of benzene rings is 1. The maximum atomic E-state index is 5.42. The van der Waals surface area contributed by atoms with Crippen LogP contribution < -0.4 is 4.74 Å². The monoisotopic (exact) mass is 209 g/mol. The number of rotatable bonds is 8. The Morgan fingerprint density at radius 3 is 2.67 bits per heavy atom. The van der Waals surface area contributed by atoms with Crippen molar-refractivity contribution in [1.29, 1.82) is 0 Å². The van der Waals surface area contributed by atoms with Crippen molar-refractivity contribution >= 4 is 0 Å². The Kier molecular flexibility index (Phi) is 6.62. The summed E-state index contributed by atoms with van der Waals surface area (Å²) < 4.78 is 15.8. The number of ether oxygens (including phenoxy) is 3. The molecule has 1 radical (unpaired) electrons. The van der Waals surface area contributed by atoms with Gasteiger partial charge in [0.15, 0.2) is 0 Å². The van der Waals surface area contributed by atoms with E-state index in [2.05, 4.69) is 6.07 Å². The molecule has 0 bridgehead atoms. The summed E-state index contributed by atoms with van der Waals surface area (Å²) in [4.78, 5) is 0. The van der Waals surface area contributed by atoms with Crippen LogP contribution >= 0.6 is 0 Å². The van der Waals surface area contributed by atoms with E-state index in [9.17, 15) is 0 Å². The molecule has 0 aliphatic heterocycles. The Morgan fingerprint density at radius 1 is 1.13 bits per heavy atom. The second kappa shape index (κ2) is 8.26. The molecule has 0 spiro atoms. The standard InChI is InChI=1S/C12H17O3/c1-2-13-8-9-14-10-11-15-12-6-4-3-5-7-12/h3-4,6-7H,2,8-11H2,1H3. The molecule has 0 N–H and O–H groups in total. The highest BCUT2D eigenvalue weighted by molar-refractivity contribution is 5.19. The minimum Gasteiger partial charge on any atom is -0.491 e. The molecule has 0 saturated carbocycles. The molecule has 83 valence electrons. The molecule has 3 heteroatoms. The SMILES string of the molecule is CCOCCOCCOc1c[c]ccc1. The Bertz CT molecular complexity index is 236. The Balaban J connectivity index is 1.93. The molecule has 0 amide bonds. The van der Waals surface area contributed by atoms with Crippen molar-refractivity contribution in [2.24, 2.45) is 0 Å². The lowest BCUT2D eigenvalue weighted by atomic mass is 10.3. The van der Waals surface area contributed by atoms with Crippen molar-refractivity contribution in [3.63, 3.8) is 0 Å². The molecule has 0 heterocycles. The zero-order chi connectivity index (χ0) is 10.8. The van der Waals surface area contributed by atoms with Crippen molar-refractivity contribution in [2.45, 2.75) is 6.92 Å². The van der Waals surface area contributed by atoms with Crippen molar-refractivity contribution in [2.75, 3.05) is 33.0 Å². The molecule has 3 nitrogen and oxygen atoms in total. The molecule has 0 atom stereocenters. The lowest BCUT2D eigenvalue weighted by Crippen LogP contribution is -2.10. The van der Waals surface area contributed by atoms with E-state index in [1.54, 1.807) is 6.07 Å². The first-order valence-electron chi connectivity index (χ1n) is 5.18. The van der Waals surface area contributed by atoms with Crippen LogP contribution in [0.4, 0.5) is 0 Å². The Morgan fingerprint density at radius 2 is 1.93 bits per heavy atom. The molecule has 0 fully saturated rings. The van der Waals surface area contributed by atoms with Crippen LogP contribution in [0.2, 0.25) is 0 Å². The Hall–Kier alpha value is -1.06. The van der Waals surface area contributed by atoms with Gasteiger partial charge in [0, 0.05) is 6.61 Å². The van der Waals surface area contributed by atoms with Crippen LogP contribution in [0, 0.1) is 6.07 Å². The van der Waals surface area contributed by atoms with Gasteiger partial charge in [0.2, 0.25) is 0 Å². The van der Waals surface area contributed by atoms with Crippen LogP contribution in [-0.4, -0.2) is 33.0 Å². The first-order chi connectivity index (χ1) is 7.43. The third-order valence-corrected chi connectivity index (χ3v) is 1.75. The third kappa shape index (κ3) is 6.10. The minimum absolute atomic E-state index is 0.560. The molecule has 0 aromatic heterocycles. The van der Waals surface area contributed by atoms with E-state index in [1.165, 1.54) is 0 Å². The second-order valence-corrected chi connectivity index (χ2v) is 2.90. The normalized spacial score (nSPS) is 10.2. The summed E-state index contributed by atoms with van der Waals surface area (Å²) in [7, 11) is 0. The fraction of sp³-hybridized carbons (Fsp3) is 0.500.